The molecule has 8 N–H and O–H groups in total. The van der Waals surface area contributed by atoms with E-state index < -0.39 is 72.3 Å². The molecular formula is C20H36N4O8. The predicted octanol–water partition coefficient (Wildman–Crippen LogP) is -1.20. The molecule has 0 rings (SSSR count). The lowest BCUT2D eigenvalue weighted by Crippen LogP contribution is -2.61. The van der Waals surface area contributed by atoms with Crippen LogP contribution < -0.4 is 21.7 Å². The maximum atomic E-state index is 12.8. The Hall–Kier alpha value is -2.73. The van der Waals surface area contributed by atoms with Crippen LogP contribution in [0.5, 0.6) is 0 Å². The number of carbonyl (C=O) groups is 5. The van der Waals surface area contributed by atoms with Gasteiger partial charge in [-0.25, -0.2) is 4.79 Å². The average molecular weight is 461 g/mol. The molecule has 0 bridgehead atoms. The molecule has 32 heavy (non-hydrogen) atoms. The van der Waals surface area contributed by atoms with Crippen LogP contribution in [-0.2, 0) is 24.0 Å². The summed E-state index contributed by atoms with van der Waals surface area (Å²) < 4.78 is 0. The summed E-state index contributed by atoms with van der Waals surface area (Å²) in [7, 11) is 0. The number of hydrogen-bond acceptors (Lipinski definition) is 7. The molecule has 0 saturated carbocycles. The third-order valence-corrected chi connectivity index (χ3v) is 4.91. The standard InChI is InChI=1S/C20H36N4O8/c1-6-10(4)15(18(29)22-13(20(31)32)7-9(2)3)23-19(30)16(11(5)25)24-17(28)12(21)8-14(26)27/h9-13,15-16,25H,6-8,21H2,1-5H3,(H,22,29)(H,23,30)(H,24,28)(H,26,27)(H,31,32). The number of rotatable bonds is 14. The lowest BCUT2D eigenvalue weighted by atomic mass is 9.96. The van der Waals surface area contributed by atoms with E-state index in [-0.39, 0.29) is 12.3 Å². The predicted molar refractivity (Wildman–Crippen MR) is 114 cm³/mol. The molecule has 6 atom stereocenters. The molecule has 0 fully saturated rings. The Morgan fingerprint density at radius 2 is 1.34 bits per heavy atom. The summed E-state index contributed by atoms with van der Waals surface area (Å²) in [5.41, 5.74) is 5.48. The minimum atomic E-state index is -1.51. The zero-order valence-corrected chi connectivity index (χ0v) is 19.1. The van der Waals surface area contributed by atoms with Gasteiger partial charge in [-0.1, -0.05) is 34.1 Å². The Morgan fingerprint density at radius 3 is 1.75 bits per heavy atom. The summed E-state index contributed by atoms with van der Waals surface area (Å²) >= 11 is 0. The first-order chi connectivity index (χ1) is 14.7. The van der Waals surface area contributed by atoms with Gasteiger partial charge in [-0.15, -0.1) is 0 Å². The number of carbonyl (C=O) groups excluding carboxylic acids is 3. The Bertz CT molecular complexity index is 683. The smallest absolute Gasteiger partial charge is 0.326 e. The van der Waals surface area contributed by atoms with Crippen molar-refractivity contribution in [3.8, 4) is 0 Å². The molecule has 0 aliphatic rings. The van der Waals surface area contributed by atoms with Crippen molar-refractivity contribution in [2.75, 3.05) is 0 Å². The first kappa shape index (κ1) is 29.3. The molecule has 184 valence electrons. The highest BCUT2D eigenvalue weighted by atomic mass is 16.4. The normalized spacial score (nSPS) is 16.8. The van der Waals surface area contributed by atoms with Crippen molar-refractivity contribution in [3.63, 3.8) is 0 Å². The summed E-state index contributed by atoms with van der Waals surface area (Å²) in [6.45, 7) is 8.30. The lowest BCUT2D eigenvalue weighted by molar-refractivity contribution is -0.143. The van der Waals surface area contributed by atoms with E-state index in [1.807, 2.05) is 0 Å². The first-order valence-corrected chi connectivity index (χ1v) is 10.5. The molecule has 0 aliphatic heterocycles. The minimum Gasteiger partial charge on any atom is -0.481 e. The topological polar surface area (TPSA) is 208 Å². The van der Waals surface area contributed by atoms with Crippen molar-refractivity contribution in [1.82, 2.24) is 16.0 Å². The Kier molecular flexibility index (Phi) is 12.5. The van der Waals surface area contributed by atoms with E-state index in [2.05, 4.69) is 16.0 Å². The van der Waals surface area contributed by atoms with Gasteiger partial charge in [-0.05, 0) is 25.2 Å². The van der Waals surface area contributed by atoms with Crippen LogP contribution in [0.1, 0.15) is 53.9 Å². The molecule has 0 heterocycles. The fraction of sp³-hybridized carbons (Fsp3) is 0.750. The molecule has 0 aromatic carbocycles. The van der Waals surface area contributed by atoms with Crippen molar-refractivity contribution in [1.29, 1.82) is 0 Å². The number of aliphatic hydroxyl groups is 1. The molecule has 0 aromatic heterocycles. The molecule has 0 saturated heterocycles. The molecule has 0 aromatic rings. The van der Waals surface area contributed by atoms with Crippen LogP contribution in [0, 0.1) is 11.8 Å². The van der Waals surface area contributed by atoms with Crippen LogP contribution >= 0.6 is 0 Å². The second-order valence-corrected chi connectivity index (χ2v) is 8.33. The van der Waals surface area contributed by atoms with Crippen LogP contribution in [0.25, 0.3) is 0 Å². The van der Waals surface area contributed by atoms with Crippen molar-refractivity contribution < 1.29 is 39.3 Å². The SMILES string of the molecule is CCC(C)C(NC(=O)C(NC(=O)C(N)CC(=O)O)C(C)O)C(=O)NC(CC(C)C)C(=O)O. The fourth-order valence-corrected chi connectivity index (χ4v) is 2.85. The Morgan fingerprint density at radius 1 is 0.844 bits per heavy atom. The molecule has 0 radical (unpaired) electrons. The summed E-state index contributed by atoms with van der Waals surface area (Å²) in [6.07, 6.45) is -1.40. The summed E-state index contributed by atoms with van der Waals surface area (Å²) in [6, 6.07) is -5.23. The highest BCUT2D eigenvalue weighted by molar-refractivity contribution is 5.95. The number of aliphatic hydroxyl groups excluding tert-OH is 1. The zero-order valence-electron chi connectivity index (χ0n) is 19.1. The number of carboxylic acid groups (broad SMARTS) is 2. The largest absolute Gasteiger partial charge is 0.481 e. The number of carboxylic acids is 2. The molecule has 0 aliphatic carbocycles. The van der Waals surface area contributed by atoms with E-state index in [9.17, 15) is 34.2 Å². The summed E-state index contributed by atoms with van der Waals surface area (Å²) in [5, 5.41) is 35.1. The van der Waals surface area contributed by atoms with E-state index in [0.29, 0.717) is 6.42 Å². The first-order valence-electron chi connectivity index (χ1n) is 10.5. The van der Waals surface area contributed by atoms with Crippen molar-refractivity contribution in [2.24, 2.45) is 17.6 Å². The molecule has 6 unspecified atom stereocenters. The van der Waals surface area contributed by atoms with Crippen molar-refractivity contribution >= 4 is 29.7 Å². The van der Waals surface area contributed by atoms with E-state index in [1.165, 1.54) is 6.92 Å². The Balaban J connectivity index is 5.50. The second-order valence-electron chi connectivity index (χ2n) is 8.33. The number of nitrogens with one attached hydrogen (secondary N) is 3. The van der Waals surface area contributed by atoms with Gasteiger partial charge < -0.3 is 37.0 Å². The summed E-state index contributed by atoms with van der Waals surface area (Å²) in [5.74, 6) is -5.48. The third kappa shape index (κ3) is 10.1. The van der Waals surface area contributed by atoms with Gasteiger partial charge in [0.2, 0.25) is 17.7 Å². The number of hydrogen-bond donors (Lipinski definition) is 7. The number of aliphatic carboxylic acids is 2. The van der Waals surface area contributed by atoms with E-state index >= 15 is 0 Å². The van der Waals surface area contributed by atoms with Crippen LogP contribution in [-0.4, -0.2) is 75.3 Å². The van der Waals surface area contributed by atoms with Crippen LogP contribution in [0.15, 0.2) is 0 Å². The summed E-state index contributed by atoms with van der Waals surface area (Å²) in [4.78, 5) is 59.9. The van der Waals surface area contributed by atoms with Crippen molar-refractivity contribution in [3.05, 3.63) is 0 Å². The zero-order chi connectivity index (χ0) is 25.2. The van der Waals surface area contributed by atoms with Crippen molar-refractivity contribution in [2.45, 2.75) is 84.2 Å². The quantitative estimate of drug-likeness (QED) is 0.166. The van der Waals surface area contributed by atoms with Crippen LogP contribution in [0.2, 0.25) is 0 Å². The van der Waals surface area contributed by atoms with Crippen LogP contribution in [0.4, 0.5) is 0 Å². The third-order valence-electron chi connectivity index (χ3n) is 4.91. The molecule has 12 nitrogen and oxygen atoms in total. The van der Waals surface area contributed by atoms with E-state index in [4.69, 9.17) is 10.8 Å². The fourth-order valence-electron chi connectivity index (χ4n) is 2.85. The van der Waals surface area contributed by atoms with Gasteiger partial charge in [0, 0.05) is 0 Å². The average Bonchev–Trinajstić information content (AvgIpc) is 2.67. The number of amides is 3. The highest BCUT2D eigenvalue weighted by Crippen LogP contribution is 2.11. The van der Waals surface area contributed by atoms with E-state index in [0.717, 1.165) is 0 Å². The van der Waals surface area contributed by atoms with Gasteiger partial charge in [-0.2, -0.15) is 0 Å². The van der Waals surface area contributed by atoms with E-state index in [1.54, 1.807) is 27.7 Å². The molecule has 0 spiro atoms. The minimum absolute atomic E-state index is 0.00196. The number of nitrogens with two attached hydrogens (primary N) is 1. The molecule has 12 heteroatoms. The van der Waals surface area contributed by atoms with Gasteiger partial charge in [-0.3, -0.25) is 19.2 Å². The maximum absolute atomic E-state index is 12.8. The van der Waals surface area contributed by atoms with Gasteiger partial charge in [0.25, 0.3) is 0 Å². The maximum Gasteiger partial charge on any atom is 0.326 e. The Labute approximate surface area is 187 Å². The van der Waals surface area contributed by atoms with Gasteiger partial charge in [0.05, 0.1) is 18.6 Å². The lowest BCUT2D eigenvalue weighted by Gasteiger charge is -2.29. The molecule has 3 amide bonds. The molecular weight excluding hydrogens is 424 g/mol. The monoisotopic (exact) mass is 460 g/mol. The van der Waals surface area contributed by atoms with Crippen LogP contribution in [0.3, 0.4) is 0 Å². The highest BCUT2D eigenvalue weighted by Gasteiger charge is 2.34. The van der Waals surface area contributed by atoms with Gasteiger partial charge in [0.15, 0.2) is 0 Å². The second kappa shape index (κ2) is 13.6. The van der Waals surface area contributed by atoms with Gasteiger partial charge in [0.1, 0.15) is 18.1 Å². The van der Waals surface area contributed by atoms with Gasteiger partial charge >= 0.3 is 11.9 Å².